The first-order chi connectivity index (χ1) is 11.7. The molecule has 1 aliphatic rings. The van der Waals surface area contributed by atoms with Gasteiger partial charge in [0.15, 0.2) is 0 Å². The van der Waals surface area contributed by atoms with Crippen molar-refractivity contribution in [2.75, 3.05) is 11.9 Å². The zero-order valence-corrected chi connectivity index (χ0v) is 13.7. The summed E-state index contributed by atoms with van der Waals surface area (Å²) in [5, 5.41) is 3.19. The van der Waals surface area contributed by atoms with Crippen LogP contribution >= 0.6 is 0 Å². The molecule has 3 aromatic rings. The predicted molar refractivity (Wildman–Crippen MR) is 92.5 cm³/mol. The molecule has 0 bridgehead atoms. The summed E-state index contributed by atoms with van der Waals surface area (Å²) in [6.07, 6.45) is 8.28. The van der Waals surface area contributed by atoms with Gasteiger partial charge in [0, 0.05) is 42.8 Å². The van der Waals surface area contributed by atoms with E-state index in [1.165, 1.54) is 5.56 Å². The molecule has 4 rings (SSSR count). The summed E-state index contributed by atoms with van der Waals surface area (Å²) >= 11 is 0. The highest BCUT2D eigenvalue weighted by molar-refractivity contribution is 5.61. The van der Waals surface area contributed by atoms with Crippen LogP contribution in [-0.2, 0) is 6.42 Å². The molecule has 2 aromatic heterocycles. The molecule has 0 radical (unpaired) electrons. The van der Waals surface area contributed by atoms with E-state index >= 15 is 0 Å². The van der Waals surface area contributed by atoms with Crippen LogP contribution < -0.4 is 10.1 Å². The monoisotopic (exact) mass is 321 g/mol. The van der Waals surface area contributed by atoms with Gasteiger partial charge in [-0.05, 0) is 26.0 Å². The molecular formula is C18H19N5O. The van der Waals surface area contributed by atoms with Crippen molar-refractivity contribution in [1.29, 1.82) is 0 Å². The third-order valence-electron chi connectivity index (χ3n) is 3.95. The van der Waals surface area contributed by atoms with Crippen molar-refractivity contribution in [1.82, 2.24) is 19.5 Å². The average Bonchev–Trinajstić information content (AvgIpc) is 3.24. The topological polar surface area (TPSA) is 64.9 Å². The number of nitrogens with one attached hydrogen (secondary N) is 1. The summed E-state index contributed by atoms with van der Waals surface area (Å²) in [5.74, 6) is 2.41. The van der Waals surface area contributed by atoms with Crippen LogP contribution in [-0.4, -0.2) is 32.2 Å². The first-order valence-corrected chi connectivity index (χ1v) is 8.10. The molecule has 24 heavy (non-hydrogen) atoms. The molecule has 0 atom stereocenters. The molecule has 1 aromatic carbocycles. The molecule has 0 aliphatic carbocycles. The lowest BCUT2D eigenvalue weighted by Crippen LogP contribution is -2.12. The van der Waals surface area contributed by atoms with Crippen LogP contribution in [0.4, 0.5) is 5.95 Å². The lowest BCUT2D eigenvalue weighted by molar-refractivity contribution is 0.357. The van der Waals surface area contributed by atoms with Gasteiger partial charge in [-0.1, -0.05) is 6.07 Å². The highest BCUT2D eigenvalue weighted by atomic mass is 16.5. The SMILES string of the molecule is CC(C)Nc1ncc(-c2nccn2-c2cccc3c2CCO3)cn1. The van der Waals surface area contributed by atoms with Crippen molar-refractivity contribution < 1.29 is 4.74 Å². The molecule has 0 fully saturated rings. The molecule has 0 unspecified atom stereocenters. The van der Waals surface area contributed by atoms with E-state index in [9.17, 15) is 0 Å². The van der Waals surface area contributed by atoms with Crippen LogP contribution in [0.2, 0.25) is 0 Å². The van der Waals surface area contributed by atoms with Crippen LogP contribution in [0.5, 0.6) is 5.75 Å². The Balaban J connectivity index is 1.72. The fourth-order valence-corrected chi connectivity index (χ4v) is 2.92. The summed E-state index contributed by atoms with van der Waals surface area (Å²) in [4.78, 5) is 13.3. The van der Waals surface area contributed by atoms with Gasteiger partial charge in [-0.15, -0.1) is 0 Å². The highest BCUT2D eigenvalue weighted by Crippen LogP contribution is 2.32. The smallest absolute Gasteiger partial charge is 0.222 e. The lowest BCUT2D eigenvalue weighted by Gasteiger charge is -2.12. The second kappa shape index (κ2) is 5.96. The molecule has 0 saturated carbocycles. The van der Waals surface area contributed by atoms with Crippen molar-refractivity contribution in [3.63, 3.8) is 0 Å². The van der Waals surface area contributed by atoms with Gasteiger partial charge in [0.1, 0.15) is 11.6 Å². The Kier molecular flexibility index (Phi) is 3.65. The van der Waals surface area contributed by atoms with Gasteiger partial charge in [-0.2, -0.15) is 0 Å². The Bertz CT molecular complexity index is 854. The van der Waals surface area contributed by atoms with Crippen molar-refractivity contribution in [2.24, 2.45) is 0 Å². The second-order valence-electron chi connectivity index (χ2n) is 6.07. The Morgan fingerprint density at radius 3 is 2.79 bits per heavy atom. The summed E-state index contributed by atoms with van der Waals surface area (Å²) in [6.45, 7) is 4.85. The minimum absolute atomic E-state index is 0.296. The van der Waals surface area contributed by atoms with Crippen LogP contribution in [0.15, 0.2) is 43.0 Å². The molecule has 1 N–H and O–H groups in total. The summed E-state index contributed by atoms with van der Waals surface area (Å²) < 4.78 is 7.74. The third kappa shape index (κ3) is 2.60. The molecule has 0 spiro atoms. The predicted octanol–water partition coefficient (Wildman–Crippen LogP) is 3.08. The van der Waals surface area contributed by atoms with Crippen LogP contribution in [0.1, 0.15) is 19.4 Å². The first-order valence-electron chi connectivity index (χ1n) is 8.10. The average molecular weight is 321 g/mol. The van der Waals surface area contributed by atoms with E-state index in [4.69, 9.17) is 4.74 Å². The first kappa shape index (κ1) is 14.7. The van der Waals surface area contributed by atoms with E-state index in [1.807, 2.05) is 18.3 Å². The fraction of sp³-hybridized carbons (Fsp3) is 0.278. The largest absolute Gasteiger partial charge is 0.493 e. The number of benzene rings is 1. The summed E-state index contributed by atoms with van der Waals surface area (Å²) in [7, 11) is 0. The minimum Gasteiger partial charge on any atom is -0.493 e. The van der Waals surface area contributed by atoms with Gasteiger partial charge in [-0.25, -0.2) is 15.0 Å². The maximum absolute atomic E-state index is 5.67. The Hall–Kier alpha value is -2.89. The maximum atomic E-state index is 5.67. The number of hydrogen-bond acceptors (Lipinski definition) is 5. The summed E-state index contributed by atoms with van der Waals surface area (Å²) in [5.41, 5.74) is 3.20. The van der Waals surface area contributed by atoms with E-state index < -0.39 is 0 Å². The molecule has 6 heteroatoms. The number of ether oxygens (including phenoxy) is 1. The maximum Gasteiger partial charge on any atom is 0.222 e. The second-order valence-corrected chi connectivity index (χ2v) is 6.07. The van der Waals surface area contributed by atoms with Crippen molar-refractivity contribution in [3.8, 4) is 22.8 Å². The molecule has 3 heterocycles. The van der Waals surface area contributed by atoms with Crippen LogP contribution in [0.3, 0.4) is 0 Å². The van der Waals surface area contributed by atoms with E-state index in [0.717, 1.165) is 35.9 Å². The number of hydrogen-bond donors (Lipinski definition) is 1. The molecule has 1 aliphatic heterocycles. The van der Waals surface area contributed by atoms with Crippen LogP contribution in [0, 0.1) is 0 Å². The van der Waals surface area contributed by atoms with E-state index in [2.05, 4.69) is 44.7 Å². The van der Waals surface area contributed by atoms with Crippen molar-refractivity contribution in [3.05, 3.63) is 48.5 Å². The van der Waals surface area contributed by atoms with E-state index in [1.54, 1.807) is 18.6 Å². The fourth-order valence-electron chi connectivity index (χ4n) is 2.92. The Labute approximate surface area is 140 Å². The third-order valence-corrected chi connectivity index (χ3v) is 3.95. The molecule has 122 valence electrons. The minimum atomic E-state index is 0.296. The van der Waals surface area contributed by atoms with Crippen LogP contribution in [0.25, 0.3) is 17.1 Å². The number of imidazole rings is 1. The van der Waals surface area contributed by atoms with E-state index in [0.29, 0.717) is 12.0 Å². The number of nitrogens with zero attached hydrogens (tertiary/aromatic N) is 4. The normalized spacial score (nSPS) is 13.0. The standard InChI is InChI=1S/C18H19N5O/c1-12(2)22-18-20-10-13(11-21-18)17-19-7-8-23(17)15-4-3-5-16-14(15)6-9-24-16/h3-5,7-8,10-12H,6,9H2,1-2H3,(H,20,21,22). The summed E-state index contributed by atoms with van der Waals surface area (Å²) in [6, 6.07) is 6.41. The number of anilines is 1. The lowest BCUT2D eigenvalue weighted by atomic mass is 10.1. The molecule has 0 amide bonds. The molecular weight excluding hydrogens is 302 g/mol. The molecule has 6 nitrogen and oxygen atoms in total. The van der Waals surface area contributed by atoms with E-state index in [-0.39, 0.29) is 0 Å². The van der Waals surface area contributed by atoms with Gasteiger partial charge in [0.25, 0.3) is 0 Å². The number of rotatable bonds is 4. The Morgan fingerprint density at radius 1 is 1.17 bits per heavy atom. The number of fused-ring (bicyclic) bond motifs is 1. The zero-order valence-electron chi connectivity index (χ0n) is 13.7. The quantitative estimate of drug-likeness (QED) is 0.800. The van der Waals surface area contributed by atoms with Crippen molar-refractivity contribution >= 4 is 5.95 Å². The Morgan fingerprint density at radius 2 is 2.00 bits per heavy atom. The molecule has 0 saturated heterocycles. The van der Waals surface area contributed by atoms with Gasteiger partial charge >= 0.3 is 0 Å². The van der Waals surface area contributed by atoms with Gasteiger partial charge in [0.05, 0.1) is 17.9 Å². The van der Waals surface area contributed by atoms with Gasteiger partial charge in [-0.3, -0.25) is 4.57 Å². The van der Waals surface area contributed by atoms with Gasteiger partial charge in [0.2, 0.25) is 5.95 Å². The zero-order chi connectivity index (χ0) is 16.5. The van der Waals surface area contributed by atoms with Gasteiger partial charge < -0.3 is 10.1 Å². The highest BCUT2D eigenvalue weighted by Gasteiger charge is 2.19. The van der Waals surface area contributed by atoms with Crippen molar-refractivity contribution in [2.45, 2.75) is 26.3 Å². The number of aromatic nitrogens is 4.